The minimum Gasteiger partial charge on any atom is -0.330 e. The van der Waals surface area contributed by atoms with Crippen LogP contribution in [0.25, 0.3) is 0 Å². The van der Waals surface area contributed by atoms with E-state index in [0.29, 0.717) is 6.54 Å². The van der Waals surface area contributed by atoms with Crippen LogP contribution in [-0.2, 0) is 6.42 Å². The highest BCUT2D eigenvalue weighted by Crippen LogP contribution is 2.36. The van der Waals surface area contributed by atoms with Crippen molar-refractivity contribution in [1.29, 1.82) is 0 Å². The summed E-state index contributed by atoms with van der Waals surface area (Å²) in [6.07, 6.45) is 0.865. The van der Waals surface area contributed by atoms with Gasteiger partial charge in [0.05, 0.1) is 0 Å². The summed E-state index contributed by atoms with van der Waals surface area (Å²) in [6.45, 7) is 0.644. The van der Waals surface area contributed by atoms with Crippen LogP contribution >= 0.6 is 39.3 Å². The van der Waals surface area contributed by atoms with E-state index in [0.717, 1.165) is 15.9 Å². The molecule has 2 rings (SSSR count). The lowest BCUT2D eigenvalue weighted by Crippen LogP contribution is -2.03. The molecular formula is C14H13BrClNS. The Morgan fingerprint density at radius 3 is 2.61 bits per heavy atom. The molecule has 0 saturated heterocycles. The third kappa shape index (κ3) is 3.51. The maximum Gasteiger partial charge on any atom is 0.0417 e. The molecule has 0 saturated carbocycles. The van der Waals surface area contributed by atoms with E-state index in [1.807, 2.05) is 36.4 Å². The summed E-state index contributed by atoms with van der Waals surface area (Å²) in [4.78, 5) is 2.35. The lowest BCUT2D eigenvalue weighted by atomic mass is 10.1. The maximum absolute atomic E-state index is 6.07. The van der Waals surface area contributed by atoms with Gasteiger partial charge < -0.3 is 5.73 Å². The Morgan fingerprint density at radius 1 is 1.11 bits per heavy atom. The summed E-state index contributed by atoms with van der Waals surface area (Å²) in [7, 11) is 0. The van der Waals surface area contributed by atoms with Gasteiger partial charge in [-0.25, -0.2) is 0 Å². The molecule has 0 bridgehead atoms. The van der Waals surface area contributed by atoms with Gasteiger partial charge in [0.2, 0.25) is 0 Å². The van der Waals surface area contributed by atoms with Crippen LogP contribution in [0.5, 0.6) is 0 Å². The molecule has 0 aliphatic rings. The molecule has 18 heavy (non-hydrogen) atoms. The molecule has 0 fully saturated rings. The minimum absolute atomic E-state index is 0.644. The predicted molar refractivity (Wildman–Crippen MR) is 82.5 cm³/mol. The fourth-order valence-corrected chi connectivity index (χ4v) is 3.43. The smallest absolute Gasteiger partial charge is 0.0417 e. The van der Waals surface area contributed by atoms with Crippen molar-refractivity contribution in [2.75, 3.05) is 6.54 Å². The molecule has 0 aliphatic heterocycles. The second kappa shape index (κ2) is 6.62. The Labute approximate surface area is 125 Å². The second-order valence-electron chi connectivity index (χ2n) is 3.82. The van der Waals surface area contributed by atoms with Gasteiger partial charge in [-0.05, 0) is 58.7 Å². The van der Waals surface area contributed by atoms with Crippen LogP contribution in [0.15, 0.2) is 56.7 Å². The summed E-state index contributed by atoms with van der Waals surface area (Å²) < 4.78 is 1.09. The molecule has 94 valence electrons. The first-order chi connectivity index (χ1) is 8.70. The van der Waals surface area contributed by atoms with E-state index in [4.69, 9.17) is 17.3 Å². The number of nitrogens with two attached hydrogens (primary N) is 1. The molecule has 2 aromatic carbocycles. The zero-order chi connectivity index (χ0) is 13.0. The molecule has 4 heteroatoms. The van der Waals surface area contributed by atoms with Crippen LogP contribution < -0.4 is 5.73 Å². The highest BCUT2D eigenvalue weighted by Gasteiger charge is 2.07. The molecule has 0 spiro atoms. The predicted octanol–water partition coefficient (Wildman–Crippen LogP) is 4.75. The van der Waals surface area contributed by atoms with Gasteiger partial charge in [-0.15, -0.1) is 0 Å². The van der Waals surface area contributed by atoms with Crippen molar-refractivity contribution in [2.24, 2.45) is 5.73 Å². The van der Waals surface area contributed by atoms with Gasteiger partial charge in [-0.3, -0.25) is 0 Å². The average Bonchev–Trinajstić information content (AvgIpc) is 2.36. The molecule has 0 atom stereocenters. The van der Waals surface area contributed by atoms with Crippen molar-refractivity contribution in [3.63, 3.8) is 0 Å². The molecule has 0 aromatic heterocycles. The minimum atomic E-state index is 0.644. The Bertz CT molecular complexity index is 545. The SMILES string of the molecule is NCCc1ccc(Cl)cc1Sc1ccccc1Br. The first kappa shape index (κ1) is 13.9. The summed E-state index contributed by atoms with van der Waals surface area (Å²) in [5, 5.41) is 0.755. The molecule has 2 N–H and O–H groups in total. The summed E-state index contributed by atoms with van der Waals surface area (Å²) in [5.74, 6) is 0. The third-order valence-corrected chi connectivity index (χ3v) is 4.86. The molecule has 0 unspecified atom stereocenters. The standard InChI is InChI=1S/C14H13BrClNS/c15-12-3-1-2-4-13(12)18-14-9-11(16)6-5-10(14)7-8-17/h1-6,9H,7-8,17H2. The molecule has 0 aliphatic carbocycles. The van der Waals surface area contributed by atoms with Gasteiger partial charge in [-0.2, -0.15) is 0 Å². The monoisotopic (exact) mass is 341 g/mol. The maximum atomic E-state index is 6.07. The Kier molecular flexibility index (Phi) is 5.13. The fraction of sp³-hybridized carbons (Fsp3) is 0.143. The van der Waals surface area contributed by atoms with Crippen LogP contribution in [0.4, 0.5) is 0 Å². The second-order valence-corrected chi connectivity index (χ2v) is 6.20. The summed E-state index contributed by atoms with van der Waals surface area (Å²) in [5.41, 5.74) is 6.88. The molecule has 1 nitrogen and oxygen atoms in total. The van der Waals surface area contributed by atoms with E-state index in [1.54, 1.807) is 11.8 Å². The zero-order valence-electron chi connectivity index (χ0n) is 9.70. The number of benzene rings is 2. The van der Waals surface area contributed by atoms with Crippen LogP contribution in [0.3, 0.4) is 0 Å². The van der Waals surface area contributed by atoms with Crippen LogP contribution in [-0.4, -0.2) is 6.54 Å². The fourth-order valence-electron chi connectivity index (χ4n) is 1.63. The van der Waals surface area contributed by atoms with Gasteiger partial charge in [-0.1, -0.05) is 41.6 Å². The third-order valence-electron chi connectivity index (χ3n) is 2.50. The van der Waals surface area contributed by atoms with E-state index < -0.39 is 0 Å². The Morgan fingerprint density at radius 2 is 1.89 bits per heavy atom. The van der Waals surface area contributed by atoms with Gasteiger partial charge in [0.15, 0.2) is 0 Å². The number of hydrogen-bond acceptors (Lipinski definition) is 2. The normalized spacial score (nSPS) is 10.6. The summed E-state index contributed by atoms with van der Waals surface area (Å²) in [6, 6.07) is 14.1. The lowest BCUT2D eigenvalue weighted by molar-refractivity contribution is 0.944. The van der Waals surface area contributed by atoms with Crippen LogP contribution in [0.2, 0.25) is 5.02 Å². The van der Waals surface area contributed by atoms with E-state index in [1.165, 1.54) is 15.4 Å². The molecule has 2 aromatic rings. The van der Waals surface area contributed by atoms with Gasteiger partial charge in [0.25, 0.3) is 0 Å². The largest absolute Gasteiger partial charge is 0.330 e. The van der Waals surface area contributed by atoms with Crippen molar-refractivity contribution in [3.05, 3.63) is 57.5 Å². The van der Waals surface area contributed by atoms with Crippen molar-refractivity contribution in [1.82, 2.24) is 0 Å². The zero-order valence-corrected chi connectivity index (χ0v) is 12.9. The average molecular weight is 343 g/mol. The highest BCUT2D eigenvalue weighted by molar-refractivity contribution is 9.10. The van der Waals surface area contributed by atoms with Crippen LogP contribution in [0, 0.1) is 0 Å². The Balaban J connectivity index is 2.33. The topological polar surface area (TPSA) is 26.0 Å². The number of hydrogen-bond donors (Lipinski definition) is 1. The van der Waals surface area contributed by atoms with Gasteiger partial charge in [0.1, 0.15) is 0 Å². The summed E-state index contributed by atoms with van der Waals surface area (Å²) >= 11 is 11.3. The van der Waals surface area contributed by atoms with Crippen molar-refractivity contribution >= 4 is 39.3 Å². The van der Waals surface area contributed by atoms with Gasteiger partial charge >= 0.3 is 0 Å². The number of rotatable bonds is 4. The van der Waals surface area contributed by atoms with Crippen molar-refractivity contribution in [3.8, 4) is 0 Å². The molecule has 0 amide bonds. The molecule has 0 radical (unpaired) electrons. The van der Waals surface area contributed by atoms with Crippen LogP contribution in [0.1, 0.15) is 5.56 Å². The molecular weight excluding hydrogens is 330 g/mol. The van der Waals surface area contributed by atoms with Crippen molar-refractivity contribution in [2.45, 2.75) is 16.2 Å². The van der Waals surface area contributed by atoms with E-state index in [9.17, 15) is 0 Å². The van der Waals surface area contributed by atoms with E-state index >= 15 is 0 Å². The van der Waals surface area contributed by atoms with Crippen molar-refractivity contribution < 1.29 is 0 Å². The molecule has 0 heterocycles. The first-order valence-electron chi connectivity index (χ1n) is 5.61. The van der Waals surface area contributed by atoms with E-state index in [-0.39, 0.29) is 0 Å². The van der Waals surface area contributed by atoms with E-state index in [2.05, 4.69) is 22.0 Å². The lowest BCUT2D eigenvalue weighted by Gasteiger charge is -2.10. The first-order valence-corrected chi connectivity index (χ1v) is 7.60. The highest BCUT2D eigenvalue weighted by atomic mass is 79.9. The van der Waals surface area contributed by atoms with Gasteiger partial charge in [0, 0.05) is 19.3 Å². The Hall–Kier alpha value is -0.480. The quantitative estimate of drug-likeness (QED) is 0.867. The number of halogens is 2.